The van der Waals surface area contributed by atoms with E-state index >= 15 is 0 Å². The lowest BCUT2D eigenvalue weighted by Crippen LogP contribution is -2.13. The summed E-state index contributed by atoms with van der Waals surface area (Å²) in [5, 5.41) is 2.44. The highest BCUT2D eigenvalue weighted by Crippen LogP contribution is 2.40. The molecule has 1 saturated carbocycles. The standard InChI is InChI=1S/C13H14N2/c14-13(9-5-6-9)12-8-15-7-10-3-1-2-4-11(10)12/h1-4,7-9,13H,5-6,14H2. The topological polar surface area (TPSA) is 38.9 Å². The van der Waals surface area contributed by atoms with Gasteiger partial charge in [-0.2, -0.15) is 0 Å². The first-order valence-corrected chi connectivity index (χ1v) is 5.44. The molecule has 15 heavy (non-hydrogen) atoms. The van der Waals surface area contributed by atoms with Crippen molar-refractivity contribution in [3.63, 3.8) is 0 Å². The minimum Gasteiger partial charge on any atom is -0.324 e. The molecule has 76 valence electrons. The molecule has 0 amide bonds. The Labute approximate surface area is 89.1 Å². The van der Waals surface area contributed by atoms with Crippen LogP contribution < -0.4 is 5.73 Å². The Morgan fingerprint density at radius 2 is 2.00 bits per heavy atom. The van der Waals surface area contributed by atoms with Crippen molar-refractivity contribution in [2.75, 3.05) is 0 Å². The Hall–Kier alpha value is -1.41. The maximum Gasteiger partial charge on any atom is 0.0346 e. The number of nitrogens with zero attached hydrogens (tertiary/aromatic N) is 1. The average Bonchev–Trinajstić information content (AvgIpc) is 3.11. The molecule has 0 bridgehead atoms. The maximum absolute atomic E-state index is 6.23. The molecule has 1 heterocycles. The van der Waals surface area contributed by atoms with E-state index in [1.165, 1.54) is 29.2 Å². The largest absolute Gasteiger partial charge is 0.324 e. The van der Waals surface area contributed by atoms with Gasteiger partial charge in [-0.25, -0.2) is 0 Å². The second-order valence-electron chi connectivity index (χ2n) is 4.31. The van der Waals surface area contributed by atoms with Gasteiger partial charge in [0.1, 0.15) is 0 Å². The van der Waals surface area contributed by atoms with Gasteiger partial charge in [0.15, 0.2) is 0 Å². The van der Waals surface area contributed by atoms with Crippen molar-refractivity contribution in [3.05, 3.63) is 42.2 Å². The van der Waals surface area contributed by atoms with Gasteiger partial charge in [0.25, 0.3) is 0 Å². The third-order valence-corrected chi connectivity index (χ3v) is 3.19. The summed E-state index contributed by atoms with van der Waals surface area (Å²) in [5.41, 5.74) is 7.43. The quantitative estimate of drug-likeness (QED) is 0.805. The average molecular weight is 198 g/mol. The third-order valence-electron chi connectivity index (χ3n) is 3.19. The van der Waals surface area contributed by atoms with Gasteiger partial charge in [-0.3, -0.25) is 4.98 Å². The van der Waals surface area contributed by atoms with E-state index in [0.717, 1.165) is 0 Å². The van der Waals surface area contributed by atoms with Crippen LogP contribution in [0.25, 0.3) is 10.8 Å². The first-order valence-electron chi connectivity index (χ1n) is 5.44. The van der Waals surface area contributed by atoms with Crippen LogP contribution in [-0.2, 0) is 0 Å². The van der Waals surface area contributed by atoms with Crippen molar-refractivity contribution in [2.45, 2.75) is 18.9 Å². The highest BCUT2D eigenvalue weighted by Gasteiger charge is 2.30. The van der Waals surface area contributed by atoms with Crippen LogP contribution in [0.2, 0.25) is 0 Å². The van der Waals surface area contributed by atoms with Crippen LogP contribution >= 0.6 is 0 Å². The van der Waals surface area contributed by atoms with Crippen molar-refractivity contribution >= 4 is 10.8 Å². The Morgan fingerprint density at radius 1 is 1.20 bits per heavy atom. The fourth-order valence-corrected chi connectivity index (χ4v) is 2.11. The van der Waals surface area contributed by atoms with Crippen LogP contribution in [0, 0.1) is 5.92 Å². The Kier molecular flexibility index (Phi) is 1.96. The second kappa shape index (κ2) is 3.31. The fourth-order valence-electron chi connectivity index (χ4n) is 2.11. The Morgan fingerprint density at radius 3 is 2.80 bits per heavy atom. The number of benzene rings is 1. The van der Waals surface area contributed by atoms with Gasteiger partial charge >= 0.3 is 0 Å². The summed E-state index contributed by atoms with van der Waals surface area (Å²) < 4.78 is 0. The van der Waals surface area contributed by atoms with Gasteiger partial charge in [0.2, 0.25) is 0 Å². The predicted molar refractivity (Wildman–Crippen MR) is 61.4 cm³/mol. The lowest BCUT2D eigenvalue weighted by molar-refractivity contribution is 0.636. The van der Waals surface area contributed by atoms with E-state index in [9.17, 15) is 0 Å². The van der Waals surface area contributed by atoms with Crippen LogP contribution in [0.15, 0.2) is 36.7 Å². The van der Waals surface area contributed by atoms with E-state index in [-0.39, 0.29) is 6.04 Å². The van der Waals surface area contributed by atoms with Crippen LogP contribution in [0.1, 0.15) is 24.4 Å². The number of hydrogen-bond acceptors (Lipinski definition) is 2. The van der Waals surface area contributed by atoms with Crippen LogP contribution in [0.3, 0.4) is 0 Å². The zero-order valence-electron chi connectivity index (χ0n) is 8.56. The summed E-state index contributed by atoms with van der Waals surface area (Å²) >= 11 is 0. The van der Waals surface area contributed by atoms with Crippen LogP contribution in [-0.4, -0.2) is 4.98 Å². The summed E-state index contributed by atoms with van der Waals surface area (Å²) in [6.07, 6.45) is 6.36. The monoisotopic (exact) mass is 198 g/mol. The van der Waals surface area contributed by atoms with Crippen LogP contribution in [0.4, 0.5) is 0 Å². The second-order valence-corrected chi connectivity index (χ2v) is 4.31. The summed E-state index contributed by atoms with van der Waals surface area (Å²) in [7, 11) is 0. The Bertz CT molecular complexity index is 483. The molecule has 0 radical (unpaired) electrons. The maximum atomic E-state index is 6.23. The molecule has 1 atom stereocenters. The van der Waals surface area contributed by atoms with Gasteiger partial charge in [0, 0.05) is 23.8 Å². The number of fused-ring (bicyclic) bond motifs is 1. The van der Waals surface area contributed by atoms with Crippen molar-refractivity contribution in [1.29, 1.82) is 0 Å². The molecule has 1 aliphatic carbocycles. The van der Waals surface area contributed by atoms with Crippen LogP contribution in [0.5, 0.6) is 0 Å². The highest BCUT2D eigenvalue weighted by molar-refractivity contribution is 5.85. The predicted octanol–water partition coefficient (Wildman–Crippen LogP) is 2.64. The minimum absolute atomic E-state index is 0.170. The smallest absolute Gasteiger partial charge is 0.0346 e. The van der Waals surface area contributed by atoms with Gasteiger partial charge < -0.3 is 5.73 Å². The van der Waals surface area contributed by atoms with E-state index in [1.54, 1.807) is 0 Å². The first kappa shape index (κ1) is 8.86. The molecule has 2 heteroatoms. The summed E-state index contributed by atoms with van der Waals surface area (Å²) in [6, 6.07) is 8.49. The molecule has 1 aromatic carbocycles. The van der Waals surface area contributed by atoms with E-state index < -0.39 is 0 Å². The van der Waals surface area contributed by atoms with E-state index in [0.29, 0.717) is 5.92 Å². The van der Waals surface area contributed by atoms with E-state index in [4.69, 9.17) is 5.73 Å². The van der Waals surface area contributed by atoms with Gasteiger partial charge in [0.05, 0.1) is 0 Å². The van der Waals surface area contributed by atoms with Crippen molar-refractivity contribution in [3.8, 4) is 0 Å². The molecule has 1 unspecified atom stereocenters. The SMILES string of the molecule is NC(c1cncc2ccccc12)C1CC1. The van der Waals surface area contributed by atoms with Gasteiger partial charge in [-0.05, 0) is 29.7 Å². The summed E-state index contributed by atoms with van der Waals surface area (Å²) in [4.78, 5) is 4.26. The molecule has 3 rings (SSSR count). The summed E-state index contributed by atoms with van der Waals surface area (Å²) in [6.45, 7) is 0. The molecule has 0 saturated heterocycles. The zero-order valence-corrected chi connectivity index (χ0v) is 8.56. The number of pyridine rings is 1. The Balaban J connectivity index is 2.16. The van der Waals surface area contributed by atoms with Crippen molar-refractivity contribution in [2.24, 2.45) is 11.7 Å². The molecule has 2 aromatic rings. The molecular formula is C13H14N2. The lowest BCUT2D eigenvalue weighted by atomic mass is 9.99. The van der Waals surface area contributed by atoms with E-state index in [1.807, 2.05) is 18.5 Å². The molecule has 0 spiro atoms. The molecule has 1 aromatic heterocycles. The number of aromatic nitrogens is 1. The number of nitrogens with two attached hydrogens (primary N) is 1. The molecular weight excluding hydrogens is 184 g/mol. The molecule has 2 nitrogen and oxygen atoms in total. The number of rotatable bonds is 2. The minimum atomic E-state index is 0.170. The molecule has 1 fully saturated rings. The lowest BCUT2D eigenvalue weighted by Gasteiger charge is -2.12. The number of hydrogen-bond donors (Lipinski definition) is 1. The van der Waals surface area contributed by atoms with E-state index in [2.05, 4.69) is 23.2 Å². The fraction of sp³-hybridized carbons (Fsp3) is 0.308. The van der Waals surface area contributed by atoms with Crippen molar-refractivity contribution in [1.82, 2.24) is 4.98 Å². The molecule has 0 aliphatic heterocycles. The van der Waals surface area contributed by atoms with Gasteiger partial charge in [-0.1, -0.05) is 24.3 Å². The third kappa shape index (κ3) is 1.51. The van der Waals surface area contributed by atoms with Crippen molar-refractivity contribution < 1.29 is 0 Å². The highest BCUT2D eigenvalue weighted by atomic mass is 14.7. The zero-order chi connectivity index (χ0) is 10.3. The van der Waals surface area contributed by atoms with Gasteiger partial charge in [-0.15, -0.1) is 0 Å². The molecule has 2 N–H and O–H groups in total. The first-order chi connectivity index (χ1) is 7.36. The summed E-state index contributed by atoms with van der Waals surface area (Å²) in [5.74, 6) is 0.678. The molecule has 1 aliphatic rings. The normalized spacial score (nSPS) is 17.9.